The van der Waals surface area contributed by atoms with Gasteiger partial charge in [0, 0.05) is 49.9 Å². The van der Waals surface area contributed by atoms with Crippen molar-refractivity contribution < 1.29 is 18.9 Å². The molecule has 29 heavy (non-hydrogen) atoms. The summed E-state index contributed by atoms with van der Waals surface area (Å²) in [5.41, 5.74) is 11.9. The molecule has 0 fully saturated rings. The summed E-state index contributed by atoms with van der Waals surface area (Å²) in [6.45, 7) is 9.28. The van der Waals surface area contributed by atoms with Gasteiger partial charge in [-0.25, -0.2) is 0 Å². The van der Waals surface area contributed by atoms with Gasteiger partial charge in [0.05, 0.1) is 52.9 Å². The summed E-state index contributed by atoms with van der Waals surface area (Å²) in [6.07, 6.45) is 0. The second-order valence-corrected chi connectivity index (χ2v) is 7.12. The van der Waals surface area contributed by atoms with Crippen LogP contribution in [0.4, 0.5) is 5.69 Å². The largest absolute Gasteiger partial charge is 0.378 e. The Labute approximate surface area is 172 Å². The van der Waals surface area contributed by atoms with Gasteiger partial charge < -0.3 is 18.9 Å². The number of nitrogens with zero attached hydrogens (tertiary/aromatic N) is 5. The van der Waals surface area contributed by atoms with Crippen LogP contribution in [0.3, 0.4) is 0 Å². The van der Waals surface area contributed by atoms with Crippen LogP contribution < -0.4 is 0 Å². The molecule has 1 aromatic rings. The molecule has 0 saturated carbocycles. The maximum absolute atomic E-state index is 9.17. The molecule has 9 nitrogen and oxygen atoms in total. The molecular formula is C20H31N5O4. The van der Waals surface area contributed by atoms with Crippen LogP contribution in [0.5, 0.6) is 0 Å². The van der Waals surface area contributed by atoms with E-state index >= 15 is 0 Å². The molecule has 0 radical (unpaired) electrons. The van der Waals surface area contributed by atoms with E-state index in [2.05, 4.69) is 19.8 Å². The van der Waals surface area contributed by atoms with Gasteiger partial charge in [-0.3, -0.25) is 9.80 Å². The van der Waals surface area contributed by atoms with Gasteiger partial charge >= 0.3 is 0 Å². The van der Waals surface area contributed by atoms with E-state index in [-0.39, 0.29) is 0 Å². The molecule has 0 unspecified atom stereocenters. The Kier molecular flexibility index (Phi) is 9.68. The molecule has 3 rings (SSSR count). The standard InChI is InChI=1S/C20H31N5O4/c21-23-22-20-18-2-1-3-19(20)17-25-6-10-28-14-12-26-8-4-24(16-18)5-9-27-13-15-29-11-7-25/h1-3H,4-17H2. The second-order valence-electron chi connectivity index (χ2n) is 7.12. The summed E-state index contributed by atoms with van der Waals surface area (Å²) in [6, 6.07) is 6.11. The second kappa shape index (κ2) is 12.8. The van der Waals surface area contributed by atoms with E-state index in [0.29, 0.717) is 65.9 Å². The number of fused-ring (bicyclic) bond motifs is 2. The van der Waals surface area contributed by atoms with Crippen LogP contribution >= 0.6 is 0 Å². The highest BCUT2D eigenvalue weighted by Gasteiger charge is 2.15. The number of benzene rings is 1. The Morgan fingerprint density at radius 3 is 1.48 bits per heavy atom. The maximum atomic E-state index is 9.17. The van der Waals surface area contributed by atoms with Crippen LogP contribution in [0.2, 0.25) is 0 Å². The van der Waals surface area contributed by atoms with Crippen LogP contribution in [0.1, 0.15) is 11.1 Å². The summed E-state index contributed by atoms with van der Waals surface area (Å²) in [4.78, 5) is 7.64. The summed E-state index contributed by atoms with van der Waals surface area (Å²) in [5, 5.41) is 4.06. The zero-order valence-electron chi connectivity index (χ0n) is 17.0. The quantitative estimate of drug-likeness (QED) is 0.404. The van der Waals surface area contributed by atoms with E-state index < -0.39 is 0 Å². The molecule has 0 amide bonds. The van der Waals surface area contributed by atoms with Crippen LogP contribution in [0, 0.1) is 0 Å². The first-order valence-electron chi connectivity index (χ1n) is 10.3. The average Bonchev–Trinajstić information content (AvgIpc) is 2.72. The van der Waals surface area contributed by atoms with Crippen LogP contribution in [0.25, 0.3) is 10.4 Å². The zero-order valence-corrected chi connectivity index (χ0v) is 17.0. The third-order valence-electron chi connectivity index (χ3n) is 5.09. The Morgan fingerprint density at radius 2 is 1.10 bits per heavy atom. The van der Waals surface area contributed by atoms with E-state index in [1.165, 1.54) is 0 Å². The summed E-state index contributed by atoms with van der Waals surface area (Å²) < 4.78 is 23.0. The molecule has 4 bridgehead atoms. The fourth-order valence-corrected chi connectivity index (χ4v) is 3.51. The molecule has 0 N–H and O–H groups in total. The van der Waals surface area contributed by atoms with Gasteiger partial charge in [0.25, 0.3) is 0 Å². The molecule has 2 aliphatic heterocycles. The van der Waals surface area contributed by atoms with Crippen molar-refractivity contribution in [2.45, 2.75) is 13.1 Å². The van der Waals surface area contributed by atoms with Crippen molar-refractivity contribution in [1.29, 1.82) is 0 Å². The average molecular weight is 405 g/mol. The summed E-state index contributed by atoms with van der Waals surface area (Å²) >= 11 is 0. The highest BCUT2D eigenvalue weighted by Crippen LogP contribution is 2.27. The van der Waals surface area contributed by atoms with Gasteiger partial charge in [0.1, 0.15) is 0 Å². The Balaban J connectivity index is 1.91. The Morgan fingerprint density at radius 1 is 0.690 bits per heavy atom. The minimum atomic E-state index is 0.588. The molecule has 1 aromatic carbocycles. The minimum Gasteiger partial charge on any atom is -0.378 e. The van der Waals surface area contributed by atoms with Crippen molar-refractivity contribution in [2.24, 2.45) is 5.11 Å². The molecule has 0 saturated heterocycles. The van der Waals surface area contributed by atoms with Crippen molar-refractivity contribution >= 4 is 5.69 Å². The molecule has 0 spiro atoms. The molecule has 2 aliphatic rings. The lowest BCUT2D eigenvalue weighted by atomic mass is 10.1. The van der Waals surface area contributed by atoms with Gasteiger partial charge in [-0.2, -0.15) is 0 Å². The number of hydrogen-bond donors (Lipinski definition) is 0. The lowest BCUT2D eigenvalue weighted by molar-refractivity contribution is 0.00664. The van der Waals surface area contributed by atoms with E-state index in [0.717, 1.165) is 43.0 Å². The number of hydrogen-bond acceptors (Lipinski definition) is 7. The topological polar surface area (TPSA) is 92.2 Å². The molecular weight excluding hydrogens is 374 g/mol. The van der Waals surface area contributed by atoms with E-state index in [4.69, 9.17) is 18.9 Å². The monoisotopic (exact) mass is 405 g/mol. The number of rotatable bonds is 1. The predicted octanol–water partition coefficient (Wildman–Crippen LogP) is 2.33. The molecule has 2 heterocycles. The summed E-state index contributed by atoms with van der Waals surface area (Å²) in [5.74, 6) is 0. The smallest absolute Gasteiger partial charge is 0.0701 e. The first-order chi connectivity index (χ1) is 14.4. The van der Waals surface area contributed by atoms with Crippen molar-refractivity contribution in [3.63, 3.8) is 0 Å². The first-order valence-corrected chi connectivity index (χ1v) is 10.3. The molecule has 9 heteroatoms. The van der Waals surface area contributed by atoms with E-state index in [1.807, 2.05) is 18.2 Å². The maximum Gasteiger partial charge on any atom is 0.0701 e. The fourth-order valence-electron chi connectivity index (χ4n) is 3.51. The van der Waals surface area contributed by atoms with Crippen LogP contribution in [0.15, 0.2) is 23.3 Å². The zero-order chi connectivity index (χ0) is 20.2. The van der Waals surface area contributed by atoms with E-state index in [1.54, 1.807) is 0 Å². The van der Waals surface area contributed by atoms with Gasteiger partial charge in [0.15, 0.2) is 0 Å². The highest BCUT2D eigenvalue weighted by molar-refractivity contribution is 5.53. The van der Waals surface area contributed by atoms with Gasteiger partial charge in [0.2, 0.25) is 0 Å². The van der Waals surface area contributed by atoms with Crippen molar-refractivity contribution in [3.05, 3.63) is 39.8 Å². The SMILES string of the molecule is [N-]=[N+]=Nc1c2cccc1CN1CCOCCOCCN(CCOCCOCC1)C2. The van der Waals surface area contributed by atoms with E-state index in [9.17, 15) is 5.53 Å². The van der Waals surface area contributed by atoms with Gasteiger partial charge in [-0.1, -0.05) is 23.3 Å². The van der Waals surface area contributed by atoms with Crippen molar-refractivity contribution in [3.8, 4) is 0 Å². The molecule has 0 atom stereocenters. The van der Waals surface area contributed by atoms with Gasteiger partial charge in [-0.15, -0.1) is 0 Å². The Bertz CT molecular complexity index is 604. The lowest BCUT2D eigenvalue weighted by Gasteiger charge is -2.25. The number of azide groups is 1. The lowest BCUT2D eigenvalue weighted by Crippen LogP contribution is -2.32. The Hall–Kier alpha value is -1.71. The normalized spacial score (nSPS) is 25.5. The predicted molar refractivity (Wildman–Crippen MR) is 109 cm³/mol. The fraction of sp³-hybridized carbons (Fsp3) is 0.700. The van der Waals surface area contributed by atoms with Gasteiger partial charge in [-0.05, 0) is 16.7 Å². The minimum absolute atomic E-state index is 0.588. The first kappa shape index (κ1) is 22.0. The third kappa shape index (κ3) is 7.56. The molecule has 0 aliphatic carbocycles. The number of ether oxygens (including phenoxy) is 4. The third-order valence-corrected chi connectivity index (χ3v) is 5.09. The van der Waals surface area contributed by atoms with Crippen molar-refractivity contribution in [1.82, 2.24) is 9.80 Å². The molecule has 0 aromatic heterocycles. The van der Waals surface area contributed by atoms with Crippen molar-refractivity contribution in [2.75, 3.05) is 79.0 Å². The highest BCUT2D eigenvalue weighted by atomic mass is 16.5. The molecule has 160 valence electrons. The summed E-state index contributed by atoms with van der Waals surface area (Å²) in [7, 11) is 0. The van der Waals surface area contributed by atoms with Crippen LogP contribution in [-0.4, -0.2) is 88.8 Å². The van der Waals surface area contributed by atoms with Crippen LogP contribution in [-0.2, 0) is 32.0 Å².